The molecule has 0 heterocycles. The smallest absolute Gasteiger partial charge is 0.392 e. The normalized spacial score (nSPS) is 13.8. The van der Waals surface area contributed by atoms with E-state index in [1.807, 2.05) is 4.72 Å². The third-order valence-electron chi connectivity index (χ3n) is 2.60. The highest BCUT2D eigenvalue weighted by molar-refractivity contribution is 7.95. The van der Waals surface area contributed by atoms with Crippen molar-refractivity contribution in [1.82, 2.24) is 0 Å². The zero-order chi connectivity index (χ0) is 16.4. The van der Waals surface area contributed by atoms with Gasteiger partial charge in [-0.25, -0.2) is 8.42 Å². The summed E-state index contributed by atoms with van der Waals surface area (Å²) in [5, 5.41) is -1.42. The first-order chi connectivity index (χ1) is 9.49. The maximum Gasteiger partial charge on any atom is 0.418 e. The summed E-state index contributed by atoms with van der Waals surface area (Å²) in [4.78, 5) is -0.312. The first-order valence-electron chi connectivity index (χ1n) is 5.66. The largest absolute Gasteiger partial charge is 0.418 e. The van der Waals surface area contributed by atoms with E-state index in [-0.39, 0.29) is 16.4 Å². The number of alkyl halides is 3. The Morgan fingerprint density at radius 1 is 1.48 bits per heavy atom. The molecule has 0 fully saturated rings. The molecule has 0 radical (unpaired) electrons. The van der Waals surface area contributed by atoms with Crippen molar-refractivity contribution in [2.75, 3.05) is 4.72 Å². The number of thiocarbonyl (C=S) groups is 1. The van der Waals surface area contributed by atoms with Gasteiger partial charge in [-0.1, -0.05) is 30.7 Å². The van der Waals surface area contributed by atoms with Crippen LogP contribution in [0.15, 0.2) is 18.2 Å². The van der Waals surface area contributed by atoms with Crippen molar-refractivity contribution < 1.29 is 21.6 Å². The van der Waals surface area contributed by atoms with Crippen LogP contribution in [0, 0.1) is 0 Å². The number of rotatable bonds is 5. The van der Waals surface area contributed by atoms with Gasteiger partial charge >= 0.3 is 6.18 Å². The fourth-order valence-electron chi connectivity index (χ4n) is 1.64. The Morgan fingerprint density at radius 2 is 2.05 bits per heavy atom. The van der Waals surface area contributed by atoms with Gasteiger partial charge in [-0.05, 0) is 24.6 Å². The van der Waals surface area contributed by atoms with E-state index < -0.39 is 32.7 Å². The predicted molar refractivity (Wildman–Crippen MR) is 79.9 cm³/mol. The number of nitrogens with two attached hydrogens (primary N) is 1. The second kappa shape index (κ2) is 6.37. The topological polar surface area (TPSA) is 72.2 Å². The molecule has 118 valence electrons. The molecule has 3 N–H and O–H groups in total. The summed E-state index contributed by atoms with van der Waals surface area (Å²) in [5.41, 5.74) is 3.50. The summed E-state index contributed by atoms with van der Waals surface area (Å²) >= 11 is 10.1. The van der Waals surface area contributed by atoms with Crippen LogP contribution in [0.2, 0.25) is 5.02 Å². The Balaban J connectivity index is 3.28. The van der Waals surface area contributed by atoms with Gasteiger partial charge in [0.2, 0.25) is 10.0 Å². The minimum atomic E-state index is -4.76. The van der Waals surface area contributed by atoms with Crippen LogP contribution in [-0.2, 0) is 16.2 Å². The van der Waals surface area contributed by atoms with Gasteiger partial charge in [0, 0.05) is 5.02 Å². The Hall–Kier alpha value is -1.06. The molecule has 0 amide bonds. The molecule has 4 nitrogen and oxygen atoms in total. The molecule has 1 unspecified atom stereocenters. The number of benzene rings is 1. The molecule has 0 saturated carbocycles. The quantitative estimate of drug-likeness (QED) is 0.791. The van der Waals surface area contributed by atoms with E-state index in [2.05, 4.69) is 12.2 Å². The Bertz CT molecular complexity index is 647. The number of sulfonamides is 1. The molecule has 0 aromatic heterocycles. The Labute approximate surface area is 130 Å². The van der Waals surface area contributed by atoms with Gasteiger partial charge in [0.25, 0.3) is 0 Å². The molecule has 0 bridgehead atoms. The Kier molecular flexibility index (Phi) is 5.46. The zero-order valence-corrected chi connectivity index (χ0v) is 13.1. The van der Waals surface area contributed by atoms with Gasteiger partial charge in [-0.15, -0.1) is 0 Å². The van der Waals surface area contributed by atoms with Gasteiger partial charge < -0.3 is 5.73 Å². The summed E-state index contributed by atoms with van der Waals surface area (Å²) in [6, 6.07) is 2.73. The van der Waals surface area contributed by atoms with Crippen LogP contribution in [-0.4, -0.2) is 18.7 Å². The second-order valence-electron chi connectivity index (χ2n) is 4.13. The summed E-state index contributed by atoms with van der Waals surface area (Å²) in [7, 11) is -4.18. The van der Waals surface area contributed by atoms with Crippen LogP contribution < -0.4 is 10.5 Å². The number of halogens is 4. The van der Waals surface area contributed by atoms with Crippen LogP contribution in [0.25, 0.3) is 0 Å². The molecular formula is C11H12ClF3N2O2S2. The van der Waals surface area contributed by atoms with Crippen molar-refractivity contribution in [3.05, 3.63) is 28.8 Å². The first kappa shape index (κ1) is 18.0. The molecule has 0 aliphatic carbocycles. The van der Waals surface area contributed by atoms with E-state index in [0.717, 1.165) is 12.1 Å². The minimum Gasteiger partial charge on any atom is -0.392 e. The third-order valence-corrected chi connectivity index (χ3v) is 5.11. The molecule has 0 aliphatic heterocycles. The number of anilines is 1. The van der Waals surface area contributed by atoms with Crippen molar-refractivity contribution in [2.24, 2.45) is 5.73 Å². The molecule has 0 spiro atoms. The lowest BCUT2D eigenvalue weighted by molar-refractivity contribution is -0.136. The fourth-order valence-corrected chi connectivity index (χ4v) is 3.73. The number of nitrogens with one attached hydrogen (secondary N) is 1. The van der Waals surface area contributed by atoms with E-state index in [0.29, 0.717) is 6.07 Å². The van der Waals surface area contributed by atoms with Crippen molar-refractivity contribution in [1.29, 1.82) is 0 Å². The SMILES string of the molecule is CCC(C(N)=S)S(=O)(=O)Nc1ccc(Cl)cc1C(F)(F)F. The molecule has 0 saturated heterocycles. The molecule has 1 aromatic rings. The van der Waals surface area contributed by atoms with Crippen LogP contribution in [0.3, 0.4) is 0 Å². The van der Waals surface area contributed by atoms with Gasteiger partial charge in [-0.3, -0.25) is 4.72 Å². The lowest BCUT2D eigenvalue weighted by Gasteiger charge is -2.19. The van der Waals surface area contributed by atoms with Crippen molar-refractivity contribution in [3.8, 4) is 0 Å². The summed E-state index contributed by atoms with van der Waals surface area (Å²) < 4.78 is 64.7. The highest BCUT2D eigenvalue weighted by atomic mass is 35.5. The van der Waals surface area contributed by atoms with E-state index in [4.69, 9.17) is 17.3 Å². The molecule has 0 aliphatic rings. The fraction of sp³-hybridized carbons (Fsp3) is 0.364. The maximum absolute atomic E-state index is 12.9. The Morgan fingerprint density at radius 3 is 2.48 bits per heavy atom. The summed E-state index contributed by atoms with van der Waals surface area (Å²) in [5.74, 6) is 0. The van der Waals surface area contributed by atoms with Crippen LogP contribution in [0.5, 0.6) is 0 Å². The first-order valence-corrected chi connectivity index (χ1v) is 8.00. The van der Waals surface area contributed by atoms with E-state index >= 15 is 0 Å². The second-order valence-corrected chi connectivity index (χ2v) is 6.91. The van der Waals surface area contributed by atoms with Gasteiger partial charge in [0.1, 0.15) is 5.25 Å². The highest BCUT2D eigenvalue weighted by Crippen LogP contribution is 2.37. The molecule has 1 rings (SSSR count). The van der Waals surface area contributed by atoms with Crippen LogP contribution in [0.4, 0.5) is 18.9 Å². The van der Waals surface area contributed by atoms with E-state index in [1.165, 1.54) is 6.92 Å². The van der Waals surface area contributed by atoms with Crippen LogP contribution in [0.1, 0.15) is 18.9 Å². The van der Waals surface area contributed by atoms with E-state index in [9.17, 15) is 21.6 Å². The molecule has 1 aromatic carbocycles. The molecular weight excluding hydrogens is 349 g/mol. The minimum absolute atomic E-state index is 0.0413. The lowest BCUT2D eigenvalue weighted by Crippen LogP contribution is -2.38. The molecule has 21 heavy (non-hydrogen) atoms. The average Bonchev–Trinajstić information content (AvgIpc) is 2.29. The monoisotopic (exact) mass is 360 g/mol. The summed E-state index contributed by atoms with van der Waals surface area (Å²) in [6.45, 7) is 1.51. The predicted octanol–water partition coefficient (Wildman–Crippen LogP) is 3.17. The molecule has 1 atom stereocenters. The number of hydrogen-bond donors (Lipinski definition) is 2. The van der Waals surface area contributed by atoms with Crippen molar-refractivity contribution in [3.63, 3.8) is 0 Å². The van der Waals surface area contributed by atoms with E-state index in [1.54, 1.807) is 0 Å². The average molecular weight is 361 g/mol. The third kappa shape index (κ3) is 4.45. The molecule has 10 heteroatoms. The van der Waals surface area contributed by atoms with Crippen molar-refractivity contribution >= 4 is 44.5 Å². The van der Waals surface area contributed by atoms with Gasteiger partial charge in [0.05, 0.1) is 16.2 Å². The van der Waals surface area contributed by atoms with Gasteiger partial charge in [0.15, 0.2) is 0 Å². The van der Waals surface area contributed by atoms with Crippen LogP contribution >= 0.6 is 23.8 Å². The lowest BCUT2D eigenvalue weighted by atomic mass is 10.2. The van der Waals surface area contributed by atoms with Crippen molar-refractivity contribution in [2.45, 2.75) is 24.8 Å². The summed E-state index contributed by atoms with van der Waals surface area (Å²) in [6.07, 6.45) is -4.71. The standard InChI is InChI=1S/C11H12ClF3N2O2S2/c1-2-9(10(16)20)21(18,19)17-8-4-3-6(12)5-7(8)11(13,14)15/h3-5,9,17H,2H2,1H3,(H2,16,20). The number of hydrogen-bond acceptors (Lipinski definition) is 3. The highest BCUT2D eigenvalue weighted by Gasteiger charge is 2.36. The zero-order valence-electron chi connectivity index (χ0n) is 10.7. The maximum atomic E-state index is 12.9. The van der Waals surface area contributed by atoms with Gasteiger partial charge in [-0.2, -0.15) is 13.2 Å².